The van der Waals surface area contributed by atoms with Gasteiger partial charge in [-0.2, -0.15) is 0 Å². The Morgan fingerprint density at radius 3 is 3.00 bits per heavy atom. The molecule has 0 radical (unpaired) electrons. The van der Waals surface area contributed by atoms with E-state index in [0.29, 0.717) is 11.5 Å². The third-order valence-corrected chi connectivity index (χ3v) is 3.58. The van der Waals surface area contributed by atoms with Crippen LogP contribution in [0.5, 0.6) is 5.75 Å². The highest BCUT2D eigenvalue weighted by Crippen LogP contribution is 2.21. The minimum absolute atomic E-state index is 0.335. The van der Waals surface area contributed by atoms with Crippen LogP contribution < -0.4 is 16.0 Å². The Hall–Kier alpha value is -1.92. The van der Waals surface area contributed by atoms with E-state index in [9.17, 15) is 4.79 Å². The lowest BCUT2D eigenvalue weighted by Gasteiger charge is -2.08. The maximum Gasteiger partial charge on any atom is 0.276 e. The lowest BCUT2D eigenvalue weighted by Crippen LogP contribution is -2.29. The summed E-state index contributed by atoms with van der Waals surface area (Å²) >= 11 is 1.27. The van der Waals surface area contributed by atoms with Gasteiger partial charge in [0.05, 0.1) is 6.20 Å². The first kappa shape index (κ1) is 13.5. The first-order valence-corrected chi connectivity index (χ1v) is 6.72. The van der Waals surface area contributed by atoms with Gasteiger partial charge >= 0.3 is 0 Å². The van der Waals surface area contributed by atoms with Crippen molar-refractivity contribution >= 4 is 17.2 Å². The number of carbonyl (C=O) groups excluding carboxylic acids is 1. The summed E-state index contributed by atoms with van der Waals surface area (Å²) in [5.74, 6) is 5.58. The number of nitrogens with two attached hydrogens (primary N) is 1. The number of hydrogen-bond acceptors (Lipinski definition) is 5. The molecule has 0 unspecified atom stereocenters. The zero-order valence-corrected chi connectivity index (χ0v) is 11.4. The highest BCUT2D eigenvalue weighted by atomic mass is 32.1. The topological polar surface area (TPSA) is 77.2 Å². The largest absolute Gasteiger partial charge is 0.486 e. The van der Waals surface area contributed by atoms with E-state index in [1.54, 1.807) is 0 Å². The van der Waals surface area contributed by atoms with Gasteiger partial charge in [0, 0.05) is 0 Å². The molecule has 3 N–H and O–H groups in total. The molecule has 0 saturated carbocycles. The smallest absolute Gasteiger partial charge is 0.276 e. The molecule has 2 aromatic rings. The van der Waals surface area contributed by atoms with Crippen LogP contribution in [-0.2, 0) is 13.0 Å². The Morgan fingerprint density at radius 1 is 1.47 bits per heavy atom. The number of ether oxygens (including phenoxy) is 1. The molecule has 1 amide bonds. The SMILES string of the molecule is CCc1ccccc1OCc1ncc(C(=O)NN)s1. The molecule has 0 bridgehead atoms. The van der Waals surface area contributed by atoms with Crippen molar-refractivity contribution < 1.29 is 9.53 Å². The predicted octanol–water partition coefficient (Wildman–Crippen LogP) is 1.89. The van der Waals surface area contributed by atoms with E-state index in [0.717, 1.165) is 22.7 Å². The molecule has 0 spiro atoms. The summed E-state index contributed by atoms with van der Waals surface area (Å²) in [5.41, 5.74) is 3.23. The fourth-order valence-electron chi connectivity index (χ4n) is 1.63. The first-order valence-electron chi connectivity index (χ1n) is 5.91. The third kappa shape index (κ3) is 3.30. The van der Waals surface area contributed by atoms with Gasteiger partial charge in [-0.15, -0.1) is 11.3 Å². The number of amides is 1. The van der Waals surface area contributed by atoms with E-state index in [1.807, 2.05) is 24.3 Å². The number of aromatic nitrogens is 1. The summed E-state index contributed by atoms with van der Waals surface area (Å²) in [4.78, 5) is 15.9. The van der Waals surface area contributed by atoms with Crippen LogP contribution in [0.2, 0.25) is 0 Å². The van der Waals surface area contributed by atoms with Gasteiger partial charge in [-0.25, -0.2) is 10.8 Å². The Bertz CT molecular complexity index is 569. The molecule has 1 aromatic carbocycles. The summed E-state index contributed by atoms with van der Waals surface area (Å²) in [5, 5.41) is 0.740. The van der Waals surface area contributed by atoms with Crippen molar-refractivity contribution in [3.8, 4) is 5.75 Å². The average molecular weight is 277 g/mol. The normalized spacial score (nSPS) is 10.2. The van der Waals surface area contributed by atoms with Crippen LogP contribution in [0, 0.1) is 0 Å². The van der Waals surface area contributed by atoms with Crippen molar-refractivity contribution in [2.45, 2.75) is 20.0 Å². The number of aryl methyl sites for hydroxylation is 1. The summed E-state index contributed by atoms with van der Waals surface area (Å²) in [6.45, 7) is 2.43. The zero-order chi connectivity index (χ0) is 13.7. The fraction of sp³-hybridized carbons (Fsp3) is 0.231. The number of nitrogens with zero attached hydrogens (tertiary/aromatic N) is 1. The van der Waals surface area contributed by atoms with Crippen molar-refractivity contribution in [2.24, 2.45) is 5.84 Å². The molecule has 100 valence electrons. The van der Waals surface area contributed by atoms with Crippen LogP contribution in [0.25, 0.3) is 0 Å². The molecule has 0 atom stereocenters. The van der Waals surface area contributed by atoms with Crippen molar-refractivity contribution in [1.29, 1.82) is 0 Å². The van der Waals surface area contributed by atoms with Gasteiger partial charge in [0.1, 0.15) is 22.2 Å². The van der Waals surface area contributed by atoms with Crippen molar-refractivity contribution in [1.82, 2.24) is 10.4 Å². The number of thiazole rings is 1. The number of nitrogen functional groups attached to an aromatic ring is 1. The van der Waals surface area contributed by atoms with E-state index in [4.69, 9.17) is 10.6 Å². The van der Waals surface area contributed by atoms with E-state index >= 15 is 0 Å². The molecule has 19 heavy (non-hydrogen) atoms. The number of hydrogen-bond donors (Lipinski definition) is 2. The third-order valence-electron chi connectivity index (χ3n) is 2.61. The van der Waals surface area contributed by atoms with Crippen LogP contribution in [0.15, 0.2) is 30.5 Å². The molecule has 1 heterocycles. The van der Waals surface area contributed by atoms with Gasteiger partial charge < -0.3 is 4.74 Å². The number of hydrazine groups is 1. The van der Waals surface area contributed by atoms with Gasteiger partial charge in [-0.3, -0.25) is 10.2 Å². The van der Waals surface area contributed by atoms with Crippen LogP contribution in [0.1, 0.15) is 27.2 Å². The van der Waals surface area contributed by atoms with Crippen molar-refractivity contribution in [2.75, 3.05) is 0 Å². The number of nitrogens with one attached hydrogen (secondary N) is 1. The number of benzene rings is 1. The van der Waals surface area contributed by atoms with Crippen LogP contribution in [0.3, 0.4) is 0 Å². The van der Waals surface area contributed by atoms with Gasteiger partial charge in [0.15, 0.2) is 0 Å². The molecule has 0 fully saturated rings. The molecule has 6 heteroatoms. The molecule has 1 aromatic heterocycles. The molecule has 0 aliphatic rings. The number of rotatable bonds is 5. The second-order valence-corrected chi connectivity index (χ2v) is 4.96. The van der Waals surface area contributed by atoms with Crippen molar-refractivity contribution in [3.05, 3.63) is 45.9 Å². The Morgan fingerprint density at radius 2 is 2.26 bits per heavy atom. The minimum atomic E-state index is -0.335. The number of para-hydroxylation sites is 1. The Kier molecular flexibility index (Phi) is 4.48. The zero-order valence-electron chi connectivity index (χ0n) is 10.6. The molecular formula is C13H15N3O2S. The van der Waals surface area contributed by atoms with Crippen LogP contribution in [-0.4, -0.2) is 10.9 Å². The molecule has 0 aliphatic heterocycles. The van der Waals surface area contributed by atoms with E-state index in [1.165, 1.54) is 17.5 Å². The number of carbonyl (C=O) groups is 1. The monoisotopic (exact) mass is 277 g/mol. The highest BCUT2D eigenvalue weighted by molar-refractivity contribution is 7.13. The van der Waals surface area contributed by atoms with Gasteiger partial charge in [0.25, 0.3) is 5.91 Å². The van der Waals surface area contributed by atoms with Gasteiger partial charge in [0.2, 0.25) is 0 Å². The molecule has 2 rings (SSSR count). The van der Waals surface area contributed by atoms with Crippen LogP contribution >= 0.6 is 11.3 Å². The maximum atomic E-state index is 11.3. The quantitative estimate of drug-likeness (QED) is 0.497. The lowest BCUT2D eigenvalue weighted by atomic mass is 10.1. The van der Waals surface area contributed by atoms with E-state index in [2.05, 4.69) is 17.3 Å². The molecule has 0 saturated heterocycles. The molecule has 5 nitrogen and oxygen atoms in total. The van der Waals surface area contributed by atoms with Crippen molar-refractivity contribution in [3.63, 3.8) is 0 Å². The summed E-state index contributed by atoms with van der Waals surface area (Å²) in [7, 11) is 0. The lowest BCUT2D eigenvalue weighted by molar-refractivity contribution is 0.0957. The summed E-state index contributed by atoms with van der Waals surface area (Å²) in [6, 6.07) is 7.88. The molecule has 0 aliphatic carbocycles. The second-order valence-electron chi connectivity index (χ2n) is 3.84. The second kappa shape index (κ2) is 6.31. The fourth-order valence-corrected chi connectivity index (χ4v) is 2.36. The van der Waals surface area contributed by atoms with Crippen LogP contribution in [0.4, 0.5) is 0 Å². The standard InChI is InChI=1S/C13H15N3O2S/c1-2-9-5-3-4-6-10(9)18-8-12-15-7-11(19-12)13(17)16-14/h3-7H,2,8,14H2,1H3,(H,16,17). The summed E-state index contributed by atoms with van der Waals surface area (Å²) in [6.07, 6.45) is 2.41. The van der Waals surface area contributed by atoms with E-state index in [-0.39, 0.29) is 5.91 Å². The Balaban J connectivity index is 2.02. The summed E-state index contributed by atoms with van der Waals surface area (Å²) < 4.78 is 5.73. The predicted molar refractivity (Wildman–Crippen MR) is 73.9 cm³/mol. The Labute approximate surface area is 115 Å². The average Bonchev–Trinajstić information content (AvgIpc) is 2.93. The molecular weight excluding hydrogens is 262 g/mol. The minimum Gasteiger partial charge on any atom is -0.486 e. The first-order chi connectivity index (χ1) is 9.24. The van der Waals surface area contributed by atoms with E-state index < -0.39 is 0 Å². The van der Waals surface area contributed by atoms with Gasteiger partial charge in [-0.1, -0.05) is 25.1 Å². The maximum absolute atomic E-state index is 11.3. The van der Waals surface area contributed by atoms with Gasteiger partial charge in [-0.05, 0) is 18.1 Å². The highest BCUT2D eigenvalue weighted by Gasteiger charge is 2.09.